The summed E-state index contributed by atoms with van der Waals surface area (Å²) in [5.74, 6) is 1.02. The van der Waals surface area contributed by atoms with Crippen LogP contribution in [0.15, 0.2) is 88.8 Å². The summed E-state index contributed by atoms with van der Waals surface area (Å²) in [5, 5.41) is 0. The zero-order valence-electron chi connectivity index (χ0n) is 14.8. The van der Waals surface area contributed by atoms with Crippen molar-refractivity contribution in [2.45, 2.75) is 11.8 Å². The third kappa shape index (κ3) is 5.18. The summed E-state index contributed by atoms with van der Waals surface area (Å²) in [5.41, 5.74) is 1.49. The lowest BCUT2D eigenvalue weighted by Crippen LogP contribution is -2.09. The van der Waals surface area contributed by atoms with Crippen molar-refractivity contribution < 1.29 is 17.3 Å². The Kier molecular flexibility index (Phi) is 5.88. The Balaban J connectivity index is 1.73. The maximum absolute atomic E-state index is 12.3. The highest BCUT2D eigenvalue weighted by atomic mass is 32.2. The van der Waals surface area contributed by atoms with Crippen LogP contribution in [-0.4, -0.2) is 21.2 Å². The summed E-state index contributed by atoms with van der Waals surface area (Å²) in [4.78, 5) is 4.50. The first-order valence-corrected chi connectivity index (χ1v) is 9.84. The third-order valence-electron chi connectivity index (χ3n) is 3.61. The molecule has 0 N–H and O–H groups in total. The van der Waals surface area contributed by atoms with E-state index in [4.69, 9.17) is 8.92 Å². The van der Waals surface area contributed by atoms with Crippen LogP contribution >= 0.6 is 0 Å². The molecule has 0 saturated heterocycles. The predicted molar refractivity (Wildman–Crippen MR) is 106 cm³/mol. The maximum Gasteiger partial charge on any atom is 0.339 e. The number of hydrogen-bond donors (Lipinski definition) is 0. The van der Waals surface area contributed by atoms with Crippen molar-refractivity contribution in [3.63, 3.8) is 0 Å². The van der Waals surface area contributed by atoms with E-state index in [1.807, 2.05) is 37.3 Å². The van der Waals surface area contributed by atoms with E-state index in [0.29, 0.717) is 6.61 Å². The van der Waals surface area contributed by atoms with E-state index in [0.717, 1.165) is 17.0 Å². The van der Waals surface area contributed by atoms with Gasteiger partial charge in [0.2, 0.25) is 0 Å². The summed E-state index contributed by atoms with van der Waals surface area (Å²) >= 11 is 0. The third-order valence-corrected chi connectivity index (χ3v) is 4.87. The second-order valence-corrected chi connectivity index (χ2v) is 7.15. The first-order valence-electron chi connectivity index (χ1n) is 8.43. The Morgan fingerprint density at radius 2 is 1.63 bits per heavy atom. The van der Waals surface area contributed by atoms with E-state index >= 15 is 0 Å². The minimum atomic E-state index is -3.87. The molecule has 5 nitrogen and oxygen atoms in total. The molecule has 0 aliphatic carbocycles. The van der Waals surface area contributed by atoms with Crippen molar-refractivity contribution in [2.24, 2.45) is 4.99 Å². The Labute approximate surface area is 159 Å². The van der Waals surface area contributed by atoms with E-state index in [-0.39, 0.29) is 10.6 Å². The summed E-state index contributed by atoms with van der Waals surface area (Å²) in [6.07, 6.45) is 1.65. The van der Waals surface area contributed by atoms with Crippen LogP contribution in [0.3, 0.4) is 0 Å². The second-order valence-electron chi connectivity index (χ2n) is 5.61. The smallest absolute Gasteiger partial charge is 0.339 e. The Bertz CT molecular complexity index is 1010. The topological polar surface area (TPSA) is 65.0 Å². The van der Waals surface area contributed by atoms with Crippen molar-refractivity contribution in [1.29, 1.82) is 0 Å². The van der Waals surface area contributed by atoms with Gasteiger partial charge in [0.25, 0.3) is 0 Å². The molecular weight excluding hydrogens is 362 g/mol. The van der Waals surface area contributed by atoms with Gasteiger partial charge in [-0.2, -0.15) is 8.42 Å². The molecule has 0 fully saturated rings. The van der Waals surface area contributed by atoms with Gasteiger partial charge in [-0.1, -0.05) is 30.3 Å². The van der Waals surface area contributed by atoms with Crippen molar-refractivity contribution in [3.8, 4) is 11.5 Å². The van der Waals surface area contributed by atoms with Gasteiger partial charge in [-0.15, -0.1) is 0 Å². The summed E-state index contributed by atoms with van der Waals surface area (Å²) in [7, 11) is -3.87. The highest BCUT2D eigenvalue weighted by Crippen LogP contribution is 2.21. The van der Waals surface area contributed by atoms with Crippen LogP contribution in [0.5, 0.6) is 11.5 Å². The highest BCUT2D eigenvalue weighted by molar-refractivity contribution is 7.87. The van der Waals surface area contributed by atoms with Crippen LogP contribution in [0.25, 0.3) is 0 Å². The fourth-order valence-electron chi connectivity index (χ4n) is 2.35. The number of benzene rings is 3. The molecule has 0 spiro atoms. The van der Waals surface area contributed by atoms with Crippen molar-refractivity contribution in [1.82, 2.24) is 0 Å². The van der Waals surface area contributed by atoms with Gasteiger partial charge in [0.15, 0.2) is 0 Å². The van der Waals surface area contributed by atoms with Crippen LogP contribution in [0.4, 0.5) is 5.69 Å². The Hall–Kier alpha value is -3.12. The molecule has 3 rings (SSSR count). The van der Waals surface area contributed by atoms with Crippen LogP contribution in [0, 0.1) is 0 Å². The summed E-state index contributed by atoms with van der Waals surface area (Å²) < 4.78 is 35.2. The van der Waals surface area contributed by atoms with E-state index < -0.39 is 10.1 Å². The minimum absolute atomic E-state index is 0.110. The quantitative estimate of drug-likeness (QED) is 0.443. The number of aliphatic imine (C=N–C) groups is 1. The molecule has 0 aliphatic rings. The first kappa shape index (κ1) is 18.7. The monoisotopic (exact) mass is 381 g/mol. The van der Waals surface area contributed by atoms with Crippen LogP contribution in [-0.2, 0) is 10.1 Å². The van der Waals surface area contributed by atoms with Gasteiger partial charge >= 0.3 is 10.1 Å². The lowest BCUT2D eigenvalue weighted by Gasteiger charge is -2.07. The molecule has 0 saturated carbocycles. The first-order chi connectivity index (χ1) is 13.1. The lowest BCUT2D eigenvalue weighted by atomic mass is 10.2. The minimum Gasteiger partial charge on any atom is -0.494 e. The van der Waals surface area contributed by atoms with Crippen LogP contribution in [0.2, 0.25) is 0 Å². The fourth-order valence-corrected chi connectivity index (χ4v) is 3.30. The Morgan fingerprint density at radius 1 is 0.889 bits per heavy atom. The molecule has 27 heavy (non-hydrogen) atoms. The zero-order valence-corrected chi connectivity index (χ0v) is 15.6. The van der Waals surface area contributed by atoms with Gasteiger partial charge in [0.05, 0.1) is 12.3 Å². The maximum atomic E-state index is 12.3. The number of rotatable bonds is 7. The summed E-state index contributed by atoms with van der Waals surface area (Å²) in [6.45, 7) is 2.54. The molecule has 0 amide bonds. The number of hydrogen-bond acceptors (Lipinski definition) is 5. The molecule has 0 atom stereocenters. The van der Waals surface area contributed by atoms with E-state index in [9.17, 15) is 8.42 Å². The van der Waals surface area contributed by atoms with Gasteiger partial charge in [-0.3, -0.25) is 4.99 Å². The molecule has 6 heteroatoms. The molecule has 0 aliphatic heterocycles. The Morgan fingerprint density at radius 3 is 2.33 bits per heavy atom. The van der Waals surface area contributed by atoms with E-state index in [1.165, 1.54) is 12.1 Å². The number of ether oxygens (including phenoxy) is 1. The van der Waals surface area contributed by atoms with Gasteiger partial charge in [-0.25, -0.2) is 0 Å². The molecule has 3 aromatic carbocycles. The van der Waals surface area contributed by atoms with E-state index in [1.54, 1.807) is 42.6 Å². The van der Waals surface area contributed by atoms with Crippen molar-refractivity contribution >= 4 is 22.0 Å². The van der Waals surface area contributed by atoms with Gasteiger partial charge in [0, 0.05) is 6.21 Å². The molecule has 0 unspecified atom stereocenters. The molecule has 138 valence electrons. The normalized spacial score (nSPS) is 11.4. The van der Waals surface area contributed by atoms with E-state index in [2.05, 4.69) is 4.99 Å². The standard InChI is InChI=1S/C21H19NO4S/c1-2-25-19-13-11-18(12-14-19)22-16-17-7-6-8-20(15-17)26-27(23,24)21-9-4-3-5-10-21/h3-16H,2H2,1H3. The second kappa shape index (κ2) is 8.51. The van der Waals surface area contributed by atoms with Crippen molar-refractivity contribution in [3.05, 3.63) is 84.4 Å². The van der Waals surface area contributed by atoms with Gasteiger partial charge in [0.1, 0.15) is 16.4 Å². The molecule has 0 heterocycles. The zero-order chi connectivity index (χ0) is 19.1. The average molecular weight is 381 g/mol. The molecule has 0 bridgehead atoms. The average Bonchev–Trinajstić information content (AvgIpc) is 2.68. The molecular formula is C21H19NO4S. The van der Waals surface area contributed by atoms with Crippen LogP contribution < -0.4 is 8.92 Å². The number of nitrogens with zero attached hydrogens (tertiary/aromatic N) is 1. The lowest BCUT2D eigenvalue weighted by molar-refractivity contribution is 0.340. The SMILES string of the molecule is CCOc1ccc(N=Cc2cccc(OS(=O)(=O)c3ccccc3)c2)cc1. The largest absolute Gasteiger partial charge is 0.494 e. The molecule has 0 radical (unpaired) electrons. The molecule has 0 aromatic heterocycles. The predicted octanol–water partition coefficient (Wildman–Crippen LogP) is 4.60. The fraction of sp³-hybridized carbons (Fsp3) is 0.0952. The highest BCUT2D eigenvalue weighted by Gasteiger charge is 2.15. The van der Waals surface area contributed by atoms with Gasteiger partial charge < -0.3 is 8.92 Å². The van der Waals surface area contributed by atoms with Crippen molar-refractivity contribution in [2.75, 3.05) is 6.61 Å². The van der Waals surface area contributed by atoms with Gasteiger partial charge in [-0.05, 0) is 61.0 Å². The molecule has 3 aromatic rings. The summed E-state index contributed by atoms with van der Waals surface area (Å²) in [6, 6.07) is 22.2. The van der Waals surface area contributed by atoms with Crippen LogP contribution in [0.1, 0.15) is 12.5 Å².